The number of carbonyl (C=O) groups excluding carboxylic acids is 1. The van der Waals surface area contributed by atoms with E-state index >= 15 is 0 Å². The van der Waals surface area contributed by atoms with Gasteiger partial charge in [0.1, 0.15) is 0 Å². The molecule has 2 rings (SSSR count). The number of amides is 1. The van der Waals surface area contributed by atoms with Gasteiger partial charge in [-0.1, -0.05) is 6.07 Å². The van der Waals surface area contributed by atoms with E-state index in [1.807, 2.05) is 13.8 Å². The van der Waals surface area contributed by atoms with Crippen LogP contribution in [0, 0.1) is 0 Å². The summed E-state index contributed by atoms with van der Waals surface area (Å²) in [5.41, 5.74) is 12.9. The number of ether oxygens (including phenoxy) is 1. The van der Waals surface area contributed by atoms with E-state index in [-0.39, 0.29) is 5.60 Å². The zero-order valence-electron chi connectivity index (χ0n) is 10.8. The molecule has 0 aromatic heterocycles. The van der Waals surface area contributed by atoms with E-state index in [0.29, 0.717) is 30.9 Å². The summed E-state index contributed by atoms with van der Waals surface area (Å²) in [5.74, 6) is -0.457. The zero-order chi connectivity index (χ0) is 13.3. The Morgan fingerprint density at radius 1 is 1.44 bits per heavy atom. The molecule has 0 spiro atoms. The van der Waals surface area contributed by atoms with Crippen LogP contribution < -0.4 is 16.4 Å². The number of anilines is 2. The van der Waals surface area contributed by atoms with Crippen LogP contribution in [0.4, 0.5) is 11.4 Å². The van der Waals surface area contributed by atoms with Crippen molar-refractivity contribution in [2.24, 2.45) is 5.73 Å². The number of nitrogens with two attached hydrogens (primary N) is 2. The summed E-state index contributed by atoms with van der Waals surface area (Å²) in [6, 6.07) is 5.23. The molecule has 0 aliphatic carbocycles. The Bertz CT molecular complexity index is 471. The summed E-state index contributed by atoms with van der Waals surface area (Å²) in [7, 11) is 0. The minimum atomic E-state index is -0.457. The van der Waals surface area contributed by atoms with Crippen molar-refractivity contribution in [2.75, 3.05) is 30.3 Å². The van der Waals surface area contributed by atoms with Crippen LogP contribution in [-0.4, -0.2) is 31.2 Å². The number of nitrogen functional groups attached to an aromatic ring is 1. The van der Waals surface area contributed by atoms with Gasteiger partial charge >= 0.3 is 0 Å². The Morgan fingerprint density at radius 2 is 2.17 bits per heavy atom. The van der Waals surface area contributed by atoms with E-state index in [1.165, 1.54) is 0 Å². The van der Waals surface area contributed by atoms with E-state index in [1.54, 1.807) is 18.2 Å². The average Bonchev–Trinajstić information content (AvgIpc) is 2.27. The normalized spacial score (nSPS) is 18.7. The van der Waals surface area contributed by atoms with Crippen LogP contribution in [0.2, 0.25) is 0 Å². The van der Waals surface area contributed by atoms with E-state index in [2.05, 4.69) is 4.90 Å². The summed E-state index contributed by atoms with van der Waals surface area (Å²) in [6.07, 6.45) is 0. The van der Waals surface area contributed by atoms with Gasteiger partial charge in [-0.25, -0.2) is 0 Å². The second kappa shape index (κ2) is 4.49. The van der Waals surface area contributed by atoms with Crippen LogP contribution in [0.1, 0.15) is 24.2 Å². The summed E-state index contributed by atoms with van der Waals surface area (Å²) in [5, 5.41) is 0. The topological polar surface area (TPSA) is 81.6 Å². The molecule has 1 fully saturated rings. The van der Waals surface area contributed by atoms with Crippen molar-refractivity contribution in [1.82, 2.24) is 0 Å². The van der Waals surface area contributed by atoms with Crippen molar-refractivity contribution in [1.29, 1.82) is 0 Å². The third-order valence-corrected chi connectivity index (χ3v) is 3.07. The molecule has 1 amide bonds. The SMILES string of the molecule is CC1(C)CN(c2c(N)cccc2C(N)=O)CCO1. The maximum atomic E-state index is 11.5. The zero-order valence-corrected chi connectivity index (χ0v) is 10.8. The largest absolute Gasteiger partial charge is 0.397 e. The van der Waals surface area contributed by atoms with E-state index in [4.69, 9.17) is 16.2 Å². The molecule has 1 saturated heterocycles. The second-order valence-electron chi connectivity index (χ2n) is 5.14. The number of hydrogen-bond donors (Lipinski definition) is 2. The second-order valence-corrected chi connectivity index (χ2v) is 5.14. The third-order valence-electron chi connectivity index (χ3n) is 3.07. The molecule has 1 aromatic rings. The van der Waals surface area contributed by atoms with Gasteiger partial charge in [0.15, 0.2) is 0 Å². The number of primary amides is 1. The number of hydrogen-bond acceptors (Lipinski definition) is 4. The number of carbonyl (C=O) groups is 1. The van der Waals surface area contributed by atoms with Gasteiger partial charge in [-0.2, -0.15) is 0 Å². The first-order valence-electron chi connectivity index (χ1n) is 5.98. The smallest absolute Gasteiger partial charge is 0.250 e. The lowest BCUT2D eigenvalue weighted by Crippen LogP contribution is -2.49. The minimum absolute atomic E-state index is 0.255. The van der Waals surface area contributed by atoms with Crippen LogP contribution in [0.3, 0.4) is 0 Å². The van der Waals surface area contributed by atoms with Crippen LogP contribution >= 0.6 is 0 Å². The molecule has 18 heavy (non-hydrogen) atoms. The molecule has 0 bridgehead atoms. The highest BCUT2D eigenvalue weighted by Gasteiger charge is 2.29. The Kier molecular flexibility index (Phi) is 3.17. The molecule has 0 saturated carbocycles. The molecule has 4 N–H and O–H groups in total. The average molecular weight is 249 g/mol. The maximum absolute atomic E-state index is 11.5. The number of rotatable bonds is 2. The highest BCUT2D eigenvalue weighted by Crippen LogP contribution is 2.31. The summed E-state index contributed by atoms with van der Waals surface area (Å²) >= 11 is 0. The molecule has 1 aliphatic heterocycles. The lowest BCUT2D eigenvalue weighted by Gasteiger charge is -2.40. The van der Waals surface area contributed by atoms with Gasteiger partial charge in [-0.05, 0) is 26.0 Å². The number of morpholine rings is 1. The van der Waals surface area contributed by atoms with Crippen molar-refractivity contribution in [2.45, 2.75) is 19.4 Å². The van der Waals surface area contributed by atoms with Gasteiger partial charge in [-0.15, -0.1) is 0 Å². The van der Waals surface area contributed by atoms with Gasteiger partial charge in [0.05, 0.1) is 29.1 Å². The first kappa shape index (κ1) is 12.7. The van der Waals surface area contributed by atoms with E-state index in [0.717, 1.165) is 5.69 Å². The summed E-state index contributed by atoms with van der Waals surface area (Å²) < 4.78 is 5.66. The van der Waals surface area contributed by atoms with Gasteiger partial charge < -0.3 is 21.1 Å². The fourth-order valence-corrected chi connectivity index (χ4v) is 2.32. The Morgan fingerprint density at radius 3 is 2.78 bits per heavy atom. The standard InChI is InChI=1S/C13H19N3O2/c1-13(2)8-16(6-7-18-13)11-9(12(15)17)4-3-5-10(11)14/h3-5H,6-8,14H2,1-2H3,(H2,15,17). The van der Waals surface area contributed by atoms with Gasteiger partial charge in [-0.3, -0.25) is 4.79 Å². The number of para-hydroxylation sites is 1. The predicted molar refractivity (Wildman–Crippen MR) is 71.6 cm³/mol. The molecule has 1 aromatic carbocycles. The van der Waals surface area contributed by atoms with E-state index in [9.17, 15) is 4.79 Å². The van der Waals surface area contributed by atoms with Gasteiger partial charge in [0, 0.05) is 13.1 Å². The third kappa shape index (κ3) is 2.41. The van der Waals surface area contributed by atoms with Crippen molar-refractivity contribution < 1.29 is 9.53 Å². The lowest BCUT2D eigenvalue weighted by atomic mass is 10.0. The molecule has 5 heteroatoms. The Hall–Kier alpha value is -1.75. The number of benzene rings is 1. The highest BCUT2D eigenvalue weighted by molar-refractivity contribution is 6.01. The van der Waals surface area contributed by atoms with Crippen LogP contribution in [-0.2, 0) is 4.74 Å². The molecule has 1 heterocycles. The quantitative estimate of drug-likeness (QED) is 0.766. The van der Waals surface area contributed by atoms with Crippen molar-refractivity contribution in [3.8, 4) is 0 Å². The molecular weight excluding hydrogens is 230 g/mol. The van der Waals surface area contributed by atoms with Gasteiger partial charge in [0.2, 0.25) is 0 Å². The Labute approximate surface area is 107 Å². The van der Waals surface area contributed by atoms with E-state index < -0.39 is 5.91 Å². The molecule has 0 radical (unpaired) electrons. The minimum Gasteiger partial charge on any atom is -0.397 e. The van der Waals surface area contributed by atoms with Crippen molar-refractivity contribution in [3.63, 3.8) is 0 Å². The fourth-order valence-electron chi connectivity index (χ4n) is 2.32. The van der Waals surface area contributed by atoms with Crippen LogP contribution in [0.15, 0.2) is 18.2 Å². The number of nitrogens with zero attached hydrogens (tertiary/aromatic N) is 1. The summed E-state index contributed by atoms with van der Waals surface area (Å²) in [4.78, 5) is 13.6. The molecule has 98 valence electrons. The maximum Gasteiger partial charge on any atom is 0.250 e. The lowest BCUT2D eigenvalue weighted by molar-refractivity contribution is -0.0276. The molecule has 5 nitrogen and oxygen atoms in total. The highest BCUT2D eigenvalue weighted by atomic mass is 16.5. The fraction of sp³-hybridized carbons (Fsp3) is 0.462. The molecular formula is C13H19N3O2. The predicted octanol–water partition coefficient (Wildman–Crippen LogP) is 0.983. The first-order valence-corrected chi connectivity index (χ1v) is 5.98. The van der Waals surface area contributed by atoms with Gasteiger partial charge in [0.25, 0.3) is 5.91 Å². The van der Waals surface area contributed by atoms with Crippen molar-refractivity contribution >= 4 is 17.3 Å². The first-order chi connectivity index (χ1) is 8.41. The van der Waals surface area contributed by atoms with Crippen LogP contribution in [0.25, 0.3) is 0 Å². The van der Waals surface area contributed by atoms with Crippen LogP contribution in [0.5, 0.6) is 0 Å². The molecule has 0 unspecified atom stereocenters. The van der Waals surface area contributed by atoms with Crippen molar-refractivity contribution in [3.05, 3.63) is 23.8 Å². The molecule has 0 atom stereocenters. The summed E-state index contributed by atoms with van der Waals surface area (Å²) in [6.45, 7) is 6.03. The Balaban J connectivity index is 2.41. The monoisotopic (exact) mass is 249 g/mol. The molecule has 1 aliphatic rings.